The Hall–Kier alpha value is -1.10. The van der Waals surface area contributed by atoms with Gasteiger partial charge in [0.25, 0.3) is 0 Å². The minimum absolute atomic E-state index is 0.101. The van der Waals surface area contributed by atoms with Crippen molar-refractivity contribution in [2.75, 3.05) is 7.11 Å². The summed E-state index contributed by atoms with van der Waals surface area (Å²) in [4.78, 5) is 23.2. The molecule has 0 aliphatic rings. The van der Waals surface area contributed by atoms with E-state index in [1.165, 1.54) is 7.11 Å². The fourth-order valence-electron chi connectivity index (χ4n) is 1.91. The lowest BCUT2D eigenvalue weighted by Gasteiger charge is -2.22. The van der Waals surface area contributed by atoms with E-state index in [0.717, 1.165) is 6.42 Å². The second-order valence-corrected chi connectivity index (χ2v) is 5.79. The molecule has 0 unspecified atom stereocenters. The van der Waals surface area contributed by atoms with Gasteiger partial charge in [0.05, 0.1) is 13.5 Å². The van der Waals surface area contributed by atoms with Crippen molar-refractivity contribution in [3.05, 3.63) is 0 Å². The van der Waals surface area contributed by atoms with E-state index in [9.17, 15) is 9.59 Å². The van der Waals surface area contributed by atoms with E-state index in [1.54, 1.807) is 0 Å². The number of nitrogens with two attached hydrogens (primary N) is 1. The molecular formula is C14H28N2O3. The van der Waals surface area contributed by atoms with E-state index in [-0.39, 0.29) is 36.3 Å². The molecule has 0 spiro atoms. The van der Waals surface area contributed by atoms with Crippen LogP contribution in [0.1, 0.15) is 47.0 Å². The monoisotopic (exact) mass is 272 g/mol. The lowest BCUT2D eigenvalue weighted by molar-refractivity contribution is -0.141. The molecule has 0 radical (unpaired) electrons. The summed E-state index contributed by atoms with van der Waals surface area (Å²) in [5.74, 6) is 0.226. The van der Waals surface area contributed by atoms with Gasteiger partial charge < -0.3 is 15.8 Å². The highest BCUT2D eigenvalue weighted by atomic mass is 16.5. The molecule has 0 heterocycles. The Morgan fingerprint density at radius 3 is 2.16 bits per heavy atom. The predicted octanol–water partition coefficient (Wildman–Crippen LogP) is 1.45. The molecule has 0 aromatic carbocycles. The van der Waals surface area contributed by atoms with Crippen molar-refractivity contribution in [1.29, 1.82) is 0 Å². The Labute approximate surface area is 116 Å². The summed E-state index contributed by atoms with van der Waals surface area (Å²) >= 11 is 0. The van der Waals surface area contributed by atoms with E-state index in [2.05, 4.69) is 23.9 Å². The van der Waals surface area contributed by atoms with Gasteiger partial charge in [-0.05, 0) is 18.3 Å². The summed E-state index contributed by atoms with van der Waals surface area (Å²) < 4.78 is 4.63. The molecule has 0 saturated heterocycles. The molecule has 0 aromatic rings. The van der Waals surface area contributed by atoms with Crippen LogP contribution in [0, 0.1) is 11.8 Å². The van der Waals surface area contributed by atoms with Crippen molar-refractivity contribution in [1.82, 2.24) is 5.32 Å². The number of hydrogen-bond donors (Lipinski definition) is 2. The second kappa shape index (κ2) is 8.91. The van der Waals surface area contributed by atoms with E-state index in [1.807, 2.05) is 13.8 Å². The van der Waals surface area contributed by atoms with Crippen molar-refractivity contribution < 1.29 is 14.3 Å². The van der Waals surface area contributed by atoms with Gasteiger partial charge in [0.15, 0.2) is 0 Å². The summed E-state index contributed by atoms with van der Waals surface area (Å²) in [7, 11) is 1.35. The number of esters is 1. The van der Waals surface area contributed by atoms with Gasteiger partial charge in [0, 0.05) is 18.5 Å². The van der Waals surface area contributed by atoms with Gasteiger partial charge in [0.1, 0.15) is 0 Å². The van der Waals surface area contributed by atoms with Crippen molar-refractivity contribution in [3.8, 4) is 0 Å². The van der Waals surface area contributed by atoms with Crippen LogP contribution in [-0.2, 0) is 14.3 Å². The predicted molar refractivity (Wildman–Crippen MR) is 75.4 cm³/mol. The largest absolute Gasteiger partial charge is 0.469 e. The van der Waals surface area contributed by atoms with Crippen LogP contribution in [0.15, 0.2) is 0 Å². The van der Waals surface area contributed by atoms with Gasteiger partial charge in [-0.2, -0.15) is 0 Å². The molecule has 0 bridgehead atoms. The molecule has 3 N–H and O–H groups in total. The van der Waals surface area contributed by atoms with Crippen LogP contribution in [0.25, 0.3) is 0 Å². The molecule has 19 heavy (non-hydrogen) atoms. The van der Waals surface area contributed by atoms with E-state index in [0.29, 0.717) is 12.3 Å². The molecule has 0 saturated carbocycles. The number of ether oxygens (including phenoxy) is 1. The summed E-state index contributed by atoms with van der Waals surface area (Å²) in [6.45, 7) is 8.07. The zero-order chi connectivity index (χ0) is 15.0. The van der Waals surface area contributed by atoms with Gasteiger partial charge >= 0.3 is 5.97 Å². The molecule has 1 amide bonds. The summed E-state index contributed by atoms with van der Waals surface area (Å²) in [5.41, 5.74) is 5.90. The number of hydrogen-bond acceptors (Lipinski definition) is 4. The molecule has 0 aliphatic carbocycles. The number of rotatable bonds is 8. The first-order chi connectivity index (χ1) is 8.76. The van der Waals surface area contributed by atoms with Crippen LogP contribution in [0.5, 0.6) is 0 Å². The molecular weight excluding hydrogens is 244 g/mol. The maximum Gasteiger partial charge on any atom is 0.307 e. The summed E-state index contributed by atoms with van der Waals surface area (Å²) in [6.07, 6.45) is 1.30. The minimum atomic E-state index is -0.314. The molecule has 0 aliphatic heterocycles. The highest BCUT2D eigenvalue weighted by Crippen LogP contribution is 2.09. The maximum atomic E-state index is 11.9. The fraction of sp³-hybridized carbons (Fsp3) is 0.857. The highest BCUT2D eigenvalue weighted by Gasteiger charge is 2.21. The van der Waals surface area contributed by atoms with Gasteiger partial charge in [-0.3, -0.25) is 9.59 Å². The quantitative estimate of drug-likeness (QED) is 0.655. The smallest absolute Gasteiger partial charge is 0.307 e. The highest BCUT2D eigenvalue weighted by molar-refractivity contribution is 5.78. The van der Waals surface area contributed by atoms with Gasteiger partial charge in [0.2, 0.25) is 5.91 Å². The van der Waals surface area contributed by atoms with Crippen LogP contribution < -0.4 is 11.1 Å². The lowest BCUT2D eigenvalue weighted by Crippen LogP contribution is -2.42. The first-order valence-corrected chi connectivity index (χ1v) is 6.88. The maximum absolute atomic E-state index is 11.9. The molecule has 112 valence electrons. The van der Waals surface area contributed by atoms with Crippen LogP contribution >= 0.6 is 0 Å². The Morgan fingerprint density at radius 2 is 1.74 bits per heavy atom. The molecule has 5 nitrogen and oxygen atoms in total. The van der Waals surface area contributed by atoms with E-state index >= 15 is 0 Å². The van der Waals surface area contributed by atoms with Crippen LogP contribution in [0.2, 0.25) is 0 Å². The molecule has 0 fully saturated rings. The summed E-state index contributed by atoms with van der Waals surface area (Å²) in [6, 6.07) is -0.336. The van der Waals surface area contributed by atoms with Crippen molar-refractivity contribution in [3.63, 3.8) is 0 Å². The Kier molecular flexibility index (Phi) is 8.39. The average Bonchev–Trinajstić information content (AvgIpc) is 2.26. The molecule has 2 atom stereocenters. The second-order valence-electron chi connectivity index (χ2n) is 5.79. The van der Waals surface area contributed by atoms with Crippen molar-refractivity contribution in [2.24, 2.45) is 17.6 Å². The molecule has 0 rings (SSSR count). The normalized spacial score (nSPS) is 14.3. The number of carbonyl (C=O) groups excluding carboxylic acids is 2. The van der Waals surface area contributed by atoms with Gasteiger partial charge in [-0.25, -0.2) is 0 Å². The number of amides is 1. The Morgan fingerprint density at radius 1 is 1.16 bits per heavy atom. The first kappa shape index (κ1) is 17.9. The third-order valence-corrected chi connectivity index (χ3v) is 2.99. The number of methoxy groups -OCH3 is 1. The van der Waals surface area contributed by atoms with Crippen LogP contribution in [0.3, 0.4) is 0 Å². The molecule has 0 aromatic heterocycles. The van der Waals surface area contributed by atoms with Crippen molar-refractivity contribution >= 4 is 11.9 Å². The van der Waals surface area contributed by atoms with Crippen LogP contribution in [-0.4, -0.2) is 31.1 Å². The summed E-state index contributed by atoms with van der Waals surface area (Å²) in [5, 5.41) is 2.87. The fourth-order valence-corrected chi connectivity index (χ4v) is 1.91. The van der Waals surface area contributed by atoms with Crippen LogP contribution in [0.4, 0.5) is 0 Å². The average molecular weight is 272 g/mol. The minimum Gasteiger partial charge on any atom is -0.469 e. The standard InChI is InChI=1S/C14H28N2O3/c1-9(2)6-11(15)7-13(17)16-12(10(3)4)8-14(18)19-5/h9-12H,6-8,15H2,1-5H3,(H,16,17)/t11-,12+/m0/s1. The van der Waals surface area contributed by atoms with Gasteiger partial charge in [-0.1, -0.05) is 27.7 Å². The Balaban J connectivity index is 4.28. The number of nitrogens with one attached hydrogen (secondary N) is 1. The Bertz CT molecular complexity index is 290. The zero-order valence-corrected chi connectivity index (χ0v) is 12.7. The zero-order valence-electron chi connectivity index (χ0n) is 12.7. The van der Waals surface area contributed by atoms with E-state index < -0.39 is 0 Å². The third kappa shape index (κ3) is 8.59. The third-order valence-electron chi connectivity index (χ3n) is 2.99. The van der Waals surface area contributed by atoms with E-state index in [4.69, 9.17) is 5.73 Å². The molecule has 5 heteroatoms. The topological polar surface area (TPSA) is 81.4 Å². The number of carbonyl (C=O) groups is 2. The lowest BCUT2D eigenvalue weighted by atomic mass is 9.99. The first-order valence-electron chi connectivity index (χ1n) is 6.88. The van der Waals surface area contributed by atoms with Gasteiger partial charge in [-0.15, -0.1) is 0 Å². The SMILES string of the molecule is COC(=O)C[C@@H](NC(=O)C[C@@H](N)CC(C)C)C(C)C. The van der Waals surface area contributed by atoms with Crippen molar-refractivity contribution in [2.45, 2.75) is 59.0 Å².